The van der Waals surface area contributed by atoms with Crippen molar-refractivity contribution in [1.82, 2.24) is 4.90 Å². The van der Waals surface area contributed by atoms with Crippen LogP contribution >= 0.6 is 0 Å². The molecule has 1 saturated heterocycles. The summed E-state index contributed by atoms with van der Waals surface area (Å²) in [5.74, 6) is 0.642. The number of ketones is 1. The highest BCUT2D eigenvalue weighted by Crippen LogP contribution is 2.49. The smallest absolute Gasteiger partial charge is 0.387 e. The molecule has 0 amide bonds. The molecule has 0 bridgehead atoms. The average molecular weight is 325 g/mol. The Bertz CT molecular complexity index is 608. The number of ether oxygens (including phenoxy) is 2. The number of methoxy groups -OCH3 is 1. The van der Waals surface area contributed by atoms with Crippen LogP contribution in [-0.2, 0) is 10.2 Å². The number of Topliss-reactive ketones (excluding diaryl/α,β-unsaturated/α-hetero) is 1. The zero-order valence-corrected chi connectivity index (χ0v) is 13.4. The van der Waals surface area contributed by atoms with Crippen LogP contribution in [0, 0.1) is 0 Å². The number of nitrogens with zero attached hydrogens (tertiary/aromatic N) is 1. The largest absolute Gasteiger partial charge is 0.493 e. The minimum atomic E-state index is -2.88. The normalized spacial score (nSPS) is 28.0. The molecule has 0 N–H and O–H groups in total. The summed E-state index contributed by atoms with van der Waals surface area (Å²) in [4.78, 5) is 14.1. The second-order valence-corrected chi connectivity index (χ2v) is 6.39. The van der Waals surface area contributed by atoms with Crippen LogP contribution in [0.5, 0.6) is 11.5 Å². The van der Waals surface area contributed by atoms with Gasteiger partial charge < -0.3 is 14.4 Å². The van der Waals surface area contributed by atoms with Gasteiger partial charge in [-0.3, -0.25) is 4.79 Å². The first-order valence-electron chi connectivity index (χ1n) is 7.81. The summed E-state index contributed by atoms with van der Waals surface area (Å²) >= 11 is 0. The molecule has 2 fully saturated rings. The molecule has 1 aliphatic heterocycles. The van der Waals surface area contributed by atoms with E-state index in [1.807, 2.05) is 13.1 Å². The molecule has 1 heterocycles. The topological polar surface area (TPSA) is 38.8 Å². The minimum absolute atomic E-state index is 0.0393. The fourth-order valence-electron chi connectivity index (χ4n) is 4.09. The van der Waals surface area contributed by atoms with Crippen molar-refractivity contribution in [3.63, 3.8) is 0 Å². The maximum absolute atomic E-state index is 12.5. The third-order valence-corrected chi connectivity index (χ3v) is 5.31. The van der Waals surface area contributed by atoms with Crippen LogP contribution in [0.4, 0.5) is 8.78 Å². The average Bonchev–Trinajstić information content (AvgIpc) is 2.85. The van der Waals surface area contributed by atoms with E-state index >= 15 is 0 Å². The van der Waals surface area contributed by atoms with E-state index in [0.717, 1.165) is 24.9 Å². The van der Waals surface area contributed by atoms with Gasteiger partial charge in [-0.1, -0.05) is 6.07 Å². The van der Waals surface area contributed by atoms with Crippen molar-refractivity contribution in [2.24, 2.45) is 0 Å². The monoisotopic (exact) mass is 325 g/mol. The Labute approximate surface area is 134 Å². The van der Waals surface area contributed by atoms with Crippen molar-refractivity contribution in [1.29, 1.82) is 0 Å². The molecule has 6 heteroatoms. The van der Waals surface area contributed by atoms with Crippen LogP contribution in [0.3, 0.4) is 0 Å². The molecule has 23 heavy (non-hydrogen) atoms. The molecular formula is C17H21F2NO3. The molecule has 4 nitrogen and oxygen atoms in total. The van der Waals surface area contributed by atoms with Crippen molar-refractivity contribution in [2.45, 2.75) is 43.8 Å². The van der Waals surface area contributed by atoms with Gasteiger partial charge in [-0.25, -0.2) is 0 Å². The Balaban J connectivity index is 1.98. The quantitative estimate of drug-likeness (QED) is 0.853. The Morgan fingerprint density at radius 1 is 1.30 bits per heavy atom. The van der Waals surface area contributed by atoms with E-state index in [1.165, 1.54) is 7.11 Å². The molecule has 1 unspecified atom stereocenters. The number of hydrogen-bond acceptors (Lipinski definition) is 4. The Morgan fingerprint density at radius 2 is 2.09 bits per heavy atom. The van der Waals surface area contributed by atoms with Gasteiger partial charge in [0.05, 0.1) is 7.11 Å². The molecule has 1 aliphatic carbocycles. The van der Waals surface area contributed by atoms with E-state index in [0.29, 0.717) is 24.4 Å². The summed E-state index contributed by atoms with van der Waals surface area (Å²) in [6, 6.07) is 5.33. The minimum Gasteiger partial charge on any atom is -0.493 e. The van der Waals surface area contributed by atoms with Gasteiger partial charge in [-0.05, 0) is 44.1 Å². The molecule has 0 aromatic heterocycles. The van der Waals surface area contributed by atoms with Crippen molar-refractivity contribution in [3.05, 3.63) is 23.8 Å². The number of carbonyl (C=O) groups is 1. The number of hydrogen-bond donors (Lipinski definition) is 0. The van der Waals surface area contributed by atoms with Crippen molar-refractivity contribution in [2.75, 3.05) is 20.7 Å². The van der Waals surface area contributed by atoms with Crippen LogP contribution in [0.25, 0.3) is 0 Å². The molecule has 126 valence electrons. The number of benzene rings is 1. The van der Waals surface area contributed by atoms with E-state index < -0.39 is 6.61 Å². The standard InChI is InChI=1S/C17H21F2NO3/c1-20-8-7-17(6-5-12(21)10-15(17)20)11-3-4-13(23-16(18)19)14(9-11)22-2/h3-4,9,15-16H,5-8,10H2,1-2H3/t15?,17-/m0/s1. The third kappa shape index (κ3) is 2.80. The second kappa shape index (κ2) is 6.07. The summed E-state index contributed by atoms with van der Waals surface area (Å²) in [6.45, 7) is -1.96. The van der Waals surface area contributed by atoms with E-state index in [1.54, 1.807) is 12.1 Å². The van der Waals surface area contributed by atoms with Gasteiger partial charge in [0.25, 0.3) is 0 Å². The molecule has 2 atom stereocenters. The highest BCUT2D eigenvalue weighted by Gasteiger charge is 2.50. The summed E-state index contributed by atoms with van der Waals surface area (Å²) in [7, 11) is 3.48. The number of halogens is 2. The highest BCUT2D eigenvalue weighted by atomic mass is 19.3. The summed E-state index contributed by atoms with van der Waals surface area (Å²) in [6.07, 6.45) is 2.87. The molecular weight excluding hydrogens is 304 g/mol. The molecule has 3 rings (SSSR count). The molecule has 2 aliphatic rings. The van der Waals surface area contributed by atoms with Crippen LogP contribution in [0.15, 0.2) is 18.2 Å². The number of carbonyl (C=O) groups excluding carboxylic acids is 1. The summed E-state index contributed by atoms with van der Waals surface area (Å²) in [5, 5.41) is 0. The van der Waals surface area contributed by atoms with Crippen LogP contribution in [0.2, 0.25) is 0 Å². The van der Waals surface area contributed by atoms with Gasteiger partial charge in [0.1, 0.15) is 5.78 Å². The van der Waals surface area contributed by atoms with Gasteiger partial charge in [0.2, 0.25) is 0 Å². The predicted octanol–water partition coefficient (Wildman–Crippen LogP) is 2.99. The SMILES string of the molecule is COc1cc([C@@]23CCC(=O)CC2N(C)CC3)ccc1OC(F)F. The first-order chi connectivity index (χ1) is 11.0. The summed E-state index contributed by atoms with van der Waals surface area (Å²) < 4.78 is 34.7. The first kappa shape index (κ1) is 16.2. The van der Waals surface area contributed by atoms with Crippen molar-refractivity contribution >= 4 is 5.78 Å². The molecule has 1 saturated carbocycles. The fraction of sp³-hybridized carbons (Fsp3) is 0.588. The lowest BCUT2D eigenvalue weighted by atomic mass is 9.66. The van der Waals surface area contributed by atoms with E-state index in [-0.39, 0.29) is 17.2 Å². The van der Waals surface area contributed by atoms with Crippen LogP contribution in [-0.4, -0.2) is 44.0 Å². The van der Waals surface area contributed by atoms with E-state index in [4.69, 9.17) is 4.74 Å². The number of likely N-dealkylation sites (tertiary alicyclic amines) is 1. The third-order valence-electron chi connectivity index (χ3n) is 5.31. The zero-order chi connectivity index (χ0) is 16.6. The Kier molecular flexibility index (Phi) is 4.27. The lowest BCUT2D eigenvalue weighted by Crippen LogP contribution is -2.46. The number of fused-ring (bicyclic) bond motifs is 1. The van der Waals surface area contributed by atoms with Crippen molar-refractivity contribution < 1.29 is 23.0 Å². The maximum atomic E-state index is 12.5. The van der Waals surface area contributed by atoms with Crippen LogP contribution < -0.4 is 9.47 Å². The highest BCUT2D eigenvalue weighted by molar-refractivity contribution is 5.81. The lowest BCUT2D eigenvalue weighted by Gasteiger charge is -2.41. The lowest BCUT2D eigenvalue weighted by molar-refractivity contribution is -0.122. The molecule has 1 aromatic rings. The van der Waals surface area contributed by atoms with E-state index in [9.17, 15) is 13.6 Å². The molecule has 0 radical (unpaired) electrons. The van der Waals surface area contributed by atoms with E-state index in [2.05, 4.69) is 9.64 Å². The zero-order valence-electron chi connectivity index (χ0n) is 13.4. The van der Waals surface area contributed by atoms with Gasteiger partial charge in [0, 0.05) is 24.3 Å². The maximum Gasteiger partial charge on any atom is 0.387 e. The second-order valence-electron chi connectivity index (χ2n) is 6.39. The molecule has 0 spiro atoms. The fourth-order valence-corrected chi connectivity index (χ4v) is 4.09. The van der Waals surface area contributed by atoms with Gasteiger partial charge in [-0.15, -0.1) is 0 Å². The Hall–Kier alpha value is -1.69. The first-order valence-corrected chi connectivity index (χ1v) is 7.81. The van der Waals surface area contributed by atoms with Gasteiger partial charge in [0.15, 0.2) is 11.5 Å². The van der Waals surface area contributed by atoms with Crippen molar-refractivity contribution in [3.8, 4) is 11.5 Å². The number of likely N-dealkylation sites (N-methyl/N-ethyl adjacent to an activating group) is 1. The Morgan fingerprint density at radius 3 is 2.78 bits per heavy atom. The van der Waals surface area contributed by atoms with Crippen LogP contribution in [0.1, 0.15) is 31.2 Å². The summed E-state index contributed by atoms with van der Waals surface area (Å²) in [5.41, 5.74) is 0.928. The molecule has 1 aromatic carbocycles. The van der Waals surface area contributed by atoms with Gasteiger partial charge >= 0.3 is 6.61 Å². The van der Waals surface area contributed by atoms with Gasteiger partial charge in [-0.2, -0.15) is 8.78 Å². The predicted molar refractivity (Wildman–Crippen MR) is 81.2 cm³/mol. The number of alkyl halides is 2. The number of rotatable bonds is 4.